The number of nitrogens with one attached hydrogen (secondary N) is 1. The number of aromatic hydroxyl groups is 1. The molecule has 150 valence electrons. The highest BCUT2D eigenvalue weighted by molar-refractivity contribution is 5.98. The monoisotopic (exact) mass is 396 g/mol. The predicted octanol–water partition coefficient (Wildman–Crippen LogP) is 1.57. The molecule has 0 aliphatic rings. The van der Waals surface area contributed by atoms with Gasteiger partial charge >= 0.3 is 5.97 Å². The molecule has 9 heteroatoms. The zero-order chi connectivity index (χ0) is 21.1. The van der Waals surface area contributed by atoms with Crippen molar-refractivity contribution in [1.29, 1.82) is 0 Å². The van der Waals surface area contributed by atoms with Gasteiger partial charge in [0.25, 0.3) is 11.5 Å². The van der Waals surface area contributed by atoms with Crippen LogP contribution in [0.3, 0.4) is 0 Å². The Hall–Kier alpha value is -4.01. The normalized spacial score (nSPS) is 10.6. The summed E-state index contributed by atoms with van der Waals surface area (Å²) in [6, 6.07) is 12.8. The standard InChI is InChI=1S/C20H20N4O5/c1-12-18(19(27)24(23(12)2)13-6-4-3-5-7-13)22-17(26)11-29-20(28)15-10-14(25)8-9-16(15)21/h3-10,25H,11,21H2,1-2H3,(H,22,26). The molecular weight excluding hydrogens is 376 g/mol. The summed E-state index contributed by atoms with van der Waals surface area (Å²) in [7, 11) is 1.70. The number of phenolic OH excluding ortho intramolecular Hbond substituents is 1. The van der Waals surface area contributed by atoms with Gasteiger partial charge in [0.15, 0.2) is 6.61 Å². The molecule has 3 aromatic rings. The maximum absolute atomic E-state index is 12.8. The topological polar surface area (TPSA) is 129 Å². The van der Waals surface area contributed by atoms with Gasteiger partial charge in [0.1, 0.15) is 11.4 Å². The summed E-state index contributed by atoms with van der Waals surface area (Å²) in [5.41, 5.74) is 6.60. The van der Waals surface area contributed by atoms with E-state index in [0.29, 0.717) is 11.4 Å². The van der Waals surface area contributed by atoms with Crippen molar-refractivity contribution >= 4 is 23.3 Å². The number of nitrogens with zero attached hydrogens (tertiary/aromatic N) is 2. The van der Waals surface area contributed by atoms with Crippen LogP contribution < -0.4 is 16.6 Å². The number of phenols is 1. The Kier molecular flexibility index (Phi) is 5.40. The van der Waals surface area contributed by atoms with Gasteiger partial charge in [0, 0.05) is 12.7 Å². The Balaban J connectivity index is 1.74. The van der Waals surface area contributed by atoms with Crippen LogP contribution in [-0.4, -0.2) is 33.0 Å². The highest BCUT2D eigenvalue weighted by Crippen LogP contribution is 2.19. The van der Waals surface area contributed by atoms with Crippen LogP contribution in [0.1, 0.15) is 16.1 Å². The van der Waals surface area contributed by atoms with Crippen molar-refractivity contribution in [2.45, 2.75) is 6.92 Å². The smallest absolute Gasteiger partial charge is 0.340 e. The quantitative estimate of drug-likeness (QED) is 0.341. The molecule has 1 heterocycles. The lowest BCUT2D eigenvalue weighted by Gasteiger charge is -2.08. The van der Waals surface area contributed by atoms with Crippen molar-refractivity contribution in [3.05, 3.63) is 70.1 Å². The van der Waals surface area contributed by atoms with Crippen molar-refractivity contribution in [3.63, 3.8) is 0 Å². The molecule has 1 aromatic heterocycles. The highest BCUT2D eigenvalue weighted by atomic mass is 16.5. The zero-order valence-corrected chi connectivity index (χ0v) is 15.9. The minimum Gasteiger partial charge on any atom is -0.508 e. The number of amides is 1. The first-order valence-electron chi connectivity index (χ1n) is 8.69. The Morgan fingerprint density at radius 2 is 1.86 bits per heavy atom. The second-order valence-electron chi connectivity index (χ2n) is 6.33. The number of hydrogen-bond acceptors (Lipinski definition) is 6. The Morgan fingerprint density at radius 1 is 1.17 bits per heavy atom. The van der Waals surface area contributed by atoms with Crippen molar-refractivity contribution in [2.75, 3.05) is 17.7 Å². The Bertz CT molecular complexity index is 1130. The van der Waals surface area contributed by atoms with E-state index in [4.69, 9.17) is 10.5 Å². The number of anilines is 2. The summed E-state index contributed by atoms with van der Waals surface area (Å²) in [5, 5.41) is 12.0. The van der Waals surface area contributed by atoms with Gasteiger partial charge in [-0.05, 0) is 37.3 Å². The lowest BCUT2D eigenvalue weighted by molar-refractivity contribution is -0.119. The van der Waals surface area contributed by atoms with E-state index in [2.05, 4.69) is 5.32 Å². The molecule has 1 amide bonds. The molecule has 4 N–H and O–H groups in total. The van der Waals surface area contributed by atoms with Crippen LogP contribution >= 0.6 is 0 Å². The fourth-order valence-corrected chi connectivity index (χ4v) is 2.82. The maximum Gasteiger partial charge on any atom is 0.340 e. The maximum atomic E-state index is 12.8. The number of para-hydroxylation sites is 1. The molecule has 0 aliphatic heterocycles. The SMILES string of the molecule is Cc1c(NC(=O)COC(=O)c2cc(O)ccc2N)c(=O)n(-c2ccccc2)n1C. The lowest BCUT2D eigenvalue weighted by Crippen LogP contribution is -2.26. The summed E-state index contributed by atoms with van der Waals surface area (Å²) in [4.78, 5) is 37.1. The molecule has 0 aliphatic carbocycles. The zero-order valence-electron chi connectivity index (χ0n) is 15.9. The molecule has 0 saturated carbocycles. The van der Waals surface area contributed by atoms with Crippen LogP contribution in [0.5, 0.6) is 5.75 Å². The number of carbonyl (C=O) groups is 2. The van der Waals surface area contributed by atoms with Crippen LogP contribution in [0.4, 0.5) is 11.4 Å². The predicted molar refractivity (Wildman–Crippen MR) is 107 cm³/mol. The second kappa shape index (κ2) is 7.93. The van der Waals surface area contributed by atoms with Crippen molar-refractivity contribution in [3.8, 4) is 11.4 Å². The summed E-state index contributed by atoms with van der Waals surface area (Å²) in [5.74, 6) is -1.69. The van der Waals surface area contributed by atoms with Gasteiger partial charge in [-0.15, -0.1) is 0 Å². The molecule has 0 spiro atoms. The first kappa shape index (κ1) is 19.7. The number of hydrogen-bond donors (Lipinski definition) is 3. The van der Waals surface area contributed by atoms with Crippen LogP contribution in [0, 0.1) is 6.92 Å². The molecule has 2 aromatic carbocycles. The lowest BCUT2D eigenvalue weighted by atomic mass is 10.2. The third-order valence-corrected chi connectivity index (χ3v) is 4.41. The minimum absolute atomic E-state index is 0.0554. The molecule has 0 radical (unpaired) electrons. The molecule has 0 unspecified atom stereocenters. The summed E-state index contributed by atoms with van der Waals surface area (Å²) in [6.45, 7) is 1.07. The van der Waals surface area contributed by atoms with E-state index in [9.17, 15) is 19.5 Å². The van der Waals surface area contributed by atoms with Crippen LogP contribution in [0.15, 0.2) is 53.3 Å². The van der Waals surface area contributed by atoms with Crippen LogP contribution in [0.25, 0.3) is 5.69 Å². The molecule has 3 rings (SSSR count). The molecular formula is C20H20N4O5. The van der Waals surface area contributed by atoms with Crippen molar-refractivity contribution < 1.29 is 19.4 Å². The van der Waals surface area contributed by atoms with Gasteiger partial charge < -0.3 is 20.9 Å². The van der Waals surface area contributed by atoms with E-state index in [1.165, 1.54) is 16.8 Å². The summed E-state index contributed by atoms with van der Waals surface area (Å²) < 4.78 is 7.98. The third-order valence-electron chi connectivity index (χ3n) is 4.41. The fraction of sp³-hybridized carbons (Fsp3) is 0.150. The third kappa shape index (κ3) is 3.98. The number of esters is 1. The van der Waals surface area contributed by atoms with Crippen molar-refractivity contribution in [1.82, 2.24) is 9.36 Å². The van der Waals surface area contributed by atoms with Gasteiger partial charge in [0.2, 0.25) is 0 Å². The van der Waals surface area contributed by atoms with E-state index in [-0.39, 0.29) is 22.7 Å². The van der Waals surface area contributed by atoms with Gasteiger partial charge in [-0.3, -0.25) is 14.3 Å². The van der Waals surface area contributed by atoms with Crippen LogP contribution in [-0.2, 0) is 16.6 Å². The number of carbonyl (C=O) groups excluding carboxylic acids is 2. The van der Waals surface area contributed by atoms with E-state index >= 15 is 0 Å². The fourth-order valence-electron chi connectivity index (χ4n) is 2.82. The average molecular weight is 396 g/mol. The summed E-state index contributed by atoms with van der Waals surface area (Å²) >= 11 is 0. The number of benzene rings is 2. The Labute approximate surface area is 165 Å². The van der Waals surface area contributed by atoms with Gasteiger partial charge in [-0.1, -0.05) is 18.2 Å². The van der Waals surface area contributed by atoms with Gasteiger partial charge in [-0.25, -0.2) is 9.48 Å². The van der Waals surface area contributed by atoms with Crippen molar-refractivity contribution in [2.24, 2.45) is 7.05 Å². The number of nitrogens with two attached hydrogens (primary N) is 1. The molecule has 0 fully saturated rings. The Morgan fingerprint density at radius 3 is 2.55 bits per heavy atom. The second-order valence-corrected chi connectivity index (χ2v) is 6.33. The molecule has 29 heavy (non-hydrogen) atoms. The van der Waals surface area contributed by atoms with Gasteiger partial charge in [0.05, 0.1) is 16.9 Å². The van der Waals surface area contributed by atoms with E-state index < -0.39 is 24.0 Å². The number of aromatic nitrogens is 2. The average Bonchev–Trinajstić information content (AvgIpc) is 2.92. The summed E-state index contributed by atoms with van der Waals surface area (Å²) in [6.07, 6.45) is 0. The van der Waals surface area contributed by atoms with E-state index in [0.717, 1.165) is 6.07 Å². The number of nitrogen functional groups attached to an aromatic ring is 1. The molecule has 9 nitrogen and oxygen atoms in total. The first-order chi connectivity index (χ1) is 13.8. The highest BCUT2D eigenvalue weighted by Gasteiger charge is 2.19. The molecule has 0 atom stereocenters. The van der Waals surface area contributed by atoms with Crippen LogP contribution in [0.2, 0.25) is 0 Å². The van der Waals surface area contributed by atoms with E-state index in [1.807, 2.05) is 6.07 Å². The number of rotatable bonds is 5. The van der Waals surface area contributed by atoms with Gasteiger partial charge in [-0.2, -0.15) is 0 Å². The first-order valence-corrected chi connectivity index (χ1v) is 8.69. The van der Waals surface area contributed by atoms with E-state index in [1.54, 1.807) is 42.9 Å². The molecule has 0 bridgehead atoms. The minimum atomic E-state index is -0.861. The largest absolute Gasteiger partial charge is 0.508 e. The molecule has 0 saturated heterocycles. The number of ether oxygens (including phenoxy) is 1.